The van der Waals surface area contributed by atoms with Crippen LogP contribution in [0.15, 0.2) is 28.7 Å². The molecule has 1 aromatic carbocycles. The normalized spacial score (nSPS) is 13.4. The van der Waals surface area contributed by atoms with Crippen LogP contribution in [0.1, 0.15) is 20.3 Å². The van der Waals surface area contributed by atoms with Crippen LogP contribution in [-0.4, -0.2) is 23.1 Å². The molecule has 5 nitrogen and oxygen atoms in total. The Bertz CT molecular complexity index is 448. The van der Waals surface area contributed by atoms with Gasteiger partial charge < -0.3 is 15.7 Å². The molecule has 19 heavy (non-hydrogen) atoms. The van der Waals surface area contributed by atoms with E-state index in [2.05, 4.69) is 26.6 Å². The van der Waals surface area contributed by atoms with Crippen LogP contribution >= 0.6 is 15.9 Å². The summed E-state index contributed by atoms with van der Waals surface area (Å²) in [4.78, 5) is 22.8. The lowest BCUT2D eigenvalue weighted by atomic mass is 9.99. The summed E-state index contributed by atoms with van der Waals surface area (Å²) in [6, 6.07) is 5.62. The first kappa shape index (κ1) is 15.5. The number of rotatable bonds is 5. The largest absolute Gasteiger partial charge is 0.480 e. The van der Waals surface area contributed by atoms with E-state index in [1.807, 2.05) is 6.92 Å². The zero-order valence-corrected chi connectivity index (χ0v) is 12.4. The van der Waals surface area contributed by atoms with Crippen molar-refractivity contribution in [2.24, 2.45) is 5.92 Å². The Morgan fingerprint density at radius 3 is 2.37 bits per heavy atom. The highest BCUT2D eigenvalue weighted by atomic mass is 79.9. The summed E-state index contributed by atoms with van der Waals surface area (Å²) >= 11 is 3.29. The molecule has 0 saturated heterocycles. The van der Waals surface area contributed by atoms with Crippen molar-refractivity contribution in [3.05, 3.63) is 28.7 Å². The number of amides is 2. The van der Waals surface area contributed by atoms with Crippen molar-refractivity contribution in [2.75, 3.05) is 5.32 Å². The van der Waals surface area contributed by atoms with Crippen molar-refractivity contribution in [1.29, 1.82) is 0 Å². The molecule has 0 radical (unpaired) electrons. The van der Waals surface area contributed by atoms with Gasteiger partial charge >= 0.3 is 12.0 Å². The molecule has 0 aliphatic rings. The van der Waals surface area contributed by atoms with Crippen molar-refractivity contribution < 1.29 is 14.7 Å². The molecule has 1 aromatic rings. The van der Waals surface area contributed by atoms with Crippen LogP contribution in [0.2, 0.25) is 0 Å². The number of hydrogen-bond donors (Lipinski definition) is 3. The van der Waals surface area contributed by atoms with Gasteiger partial charge in [-0.25, -0.2) is 9.59 Å². The average molecular weight is 329 g/mol. The van der Waals surface area contributed by atoms with Gasteiger partial charge in [0.05, 0.1) is 0 Å². The zero-order chi connectivity index (χ0) is 14.4. The second-order valence-electron chi connectivity index (χ2n) is 4.31. The number of benzene rings is 1. The minimum absolute atomic E-state index is 0.131. The monoisotopic (exact) mass is 328 g/mol. The van der Waals surface area contributed by atoms with E-state index >= 15 is 0 Å². The van der Waals surface area contributed by atoms with E-state index in [9.17, 15) is 9.59 Å². The summed E-state index contributed by atoms with van der Waals surface area (Å²) < 4.78 is 0.904. The summed E-state index contributed by atoms with van der Waals surface area (Å²) in [5.41, 5.74) is 0.606. The fourth-order valence-corrected chi connectivity index (χ4v) is 1.79. The summed E-state index contributed by atoms with van der Waals surface area (Å²) in [6.07, 6.45) is 0.676. The van der Waals surface area contributed by atoms with Gasteiger partial charge in [0, 0.05) is 10.2 Å². The van der Waals surface area contributed by atoms with Gasteiger partial charge in [0.1, 0.15) is 6.04 Å². The first-order valence-corrected chi connectivity index (χ1v) is 6.79. The summed E-state index contributed by atoms with van der Waals surface area (Å²) in [5.74, 6) is -1.16. The lowest BCUT2D eigenvalue weighted by Gasteiger charge is -2.20. The predicted octanol–water partition coefficient (Wildman–Crippen LogP) is 3.07. The van der Waals surface area contributed by atoms with Crippen molar-refractivity contribution >= 4 is 33.6 Å². The zero-order valence-electron chi connectivity index (χ0n) is 10.8. The molecule has 0 aliphatic carbocycles. The number of nitrogens with one attached hydrogen (secondary N) is 2. The topological polar surface area (TPSA) is 78.4 Å². The molecule has 0 unspecified atom stereocenters. The highest BCUT2D eigenvalue weighted by Crippen LogP contribution is 2.14. The van der Waals surface area contributed by atoms with Gasteiger partial charge in [-0.2, -0.15) is 0 Å². The molecule has 0 bridgehead atoms. The number of urea groups is 1. The van der Waals surface area contributed by atoms with E-state index in [0.717, 1.165) is 4.47 Å². The molecular weight excluding hydrogens is 312 g/mol. The molecule has 2 atom stereocenters. The summed E-state index contributed by atoms with van der Waals surface area (Å²) in [6.45, 7) is 3.67. The van der Waals surface area contributed by atoms with Crippen molar-refractivity contribution in [3.63, 3.8) is 0 Å². The lowest BCUT2D eigenvalue weighted by Crippen LogP contribution is -2.46. The van der Waals surface area contributed by atoms with Crippen LogP contribution < -0.4 is 10.6 Å². The van der Waals surface area contributed by atoms with Crippen LogP contribution in [0.25, 0.3) is 0 Å². The van der Waals surface area contributed by atoms with Gasteiger partial charge in [-0.3, -0.25) is 0 Å². The third kappa shape index (κ3) is 4.90. The third-order valence-corrected chi connectivity index (χ3v) is 3.40. The molecule has 0 spiro atoms. The Morgan fingerprint density at radius 1 is 1.32 bits per heavy atom. The Balaban J connectivity index is 2.62. The van der Waals surface area contributed by atoms with Crippen LogP contribution in [0, 0.1) is 5.92 Å². The summed E-state index contributed by atoms with van der Waals surface area (Å²) in [7, 11) is 0. The first-order chi connectivity index (χ1) is 8.93. The van der Waals surface area contributed by atoms with E-state index in [1.54, 1.807) is 31.2 Å². The number of carboxylic acid groups (broad SMARTS) is 1. The van der Waals surface area contributed by atoms with Crippen molar-refractivity contribution in [1.82, 2.24) is 5.32 Å². The minimum Gasteiger partial charge on any atom is -0.480 e. The maximum atomic E-state index is 11.7. The first-order valence-electron chi connectivity index (χ1n) is 6.00. The van der Waals surface area contributed by atoms with E-state index in [4.69, 9.17) is 5.11 Å². The van der Waals surface area contributed by atoms with Crippen molar-refractivity contribution in [2.45, 2.75) is 26.3 Å². The number of carboxylic acids is 1. The van der Waals surface area contributed by atoms with E-state index in [0.29, 0.717) is 12.1 Å². The fraction of sp³-hybridized carbons (Fsp3) is 0.385. The molecule has 0 aromatic heterocycles. The van der Waals surface area contributed by atoms with Gasteiger partial charge in [-0.1, -0.05) is 36.2 Å². The van der Waals surface area contributed by atoms with Gasteiger partial charge in [-0.05, 0) is 30.2 Å². The standard InChI is InChI=1S/C13H17BrN2O3/c1-3-8(2)11(12(17)18)16-13(19)15-10-6-4-9(14)5-7-10/h4-8,11H,3H2,1-2H3,(H,17,18)(H2,15,16,19)/t8-,11-/m0/s1. The molecule has 3 N–H and O–H groups in total. The van der Waals surface area contributed by atoms with Crippen LogP contribution in [0.3, 0.4) is 0 Å². The molecule has 6 heteroatoms. The number of aliphatic carboxylic acids is 1. The number of anilines is 1. The van der Waals surface area contributed by atoms with Gasteiger partial charge in [-0.15, -0.1) is 0 Å². The smallest absolute Gasteiger partial charge is 0.326 e. The molecule has 0 heterocycles. The van der Waals surface area contributed by atoms with E-state index < -0.39 is 18.0 Å². The maximum absolute atomic E-state index is 11.7. The highest BCUT2D eigenvalue weighted by Gasteiger charge is 2.25. The minimum atomic E-state index is -1.03. The van der Waals surface area contributed by atoms with Crippen LogP contribution in [0.5, 0.6) is 0 Å². The maximum Gasteiger partial charge on any atom is 0.326 e. The molecule has 1 rings (SSSR count). The quantitative estimate of drug-likeness (QED) is 0.777. The Kier molecular flexibility index (Phi) is 5.82. The molecule has 104 valence electrons. The van der Waals surface area contributed by atoms with Gasteiger partial charge in [0.25, 0.3) is 0 Å². The molecular formula is C13H17BrN2O3. The molecule has 0 fully saturated rings. The fourth-order valence-electron chi connectivity index (χ4n) is 1.52. The van der Waals surface area contributed by atoms with Crippen molar-refractivity contribution in [3.8, 4) is 0 Å². The second kappa shape index (κ2) is 7.13. The second-order valence-corrected chi connectivity index (χ2v) is 5.22. The average Bonchev–Trinajstić information content (AvgIpc) is 2.37. The third-order valence-electron chi connectivity index (χ3n) is 2.87. The van der Waals surface area contributed by atoms with E-state index in [1.165, 1.54) is 0 Å². The molecule has 0 saturated carbocycles. The van der Waals surface area contributed by atoms with Crippen LogP contribution in [-0.2, 0) is 4.79 Å². The summed E-state index contributed by atoms with van der Waals surface area (Å²) in [5, 5.41) is 14.1. The number of carbonyl (C=O) groups excluding carboxylic acids is 1. The Hall–Kier alpha value is -1.56. The van der Waals surface area contributed by atoms with Crippen LogP contribution in [0.4, 0.5) is 10.5 Å². The van der Waals surface area contributed by atoms with E-state index in [-0.39, 0.29) is 5.92 Å². The Morgan fingerprint density at radius 2 is 1.89 bits per heavy atom. The number of hydrogen-bond acceptors (Lipinski definition) is 2. The Labute approximate surface area is 120 Å². The molecule has 2 amide bonds. The molecule has 0 aliphatic heterocycles. The SMILES string of the molecule is CC[C@H](C)[C@H](NC(=O)Nc1ccc(Br)cc1)C(=O)O. The number of carbonyl (C=O) groups is 2. The highest BCUT2D eigenvalue weighted by molar-refractivity contribution is 9.10. The van der Waals surface area contributed by atoms with Gasteiger partial charge in [0.15, 0.2) is 0 Å². The van der Waals surface area contributed by atoms with Gasteiger partial charge in [0.2, 0.25) is 0 Å². The lowest BCUT2D eigenvalue weighted by molar-refractivity contribution is -0.140. The predicted molar refractivity (Wildman–Crippen MR) is 77.2 cm³/mol. The number of halogens is 1.